The maximum atomic E-state index is 13.5. The minimum absolute atomic E-state index is 0.129. The van der Waals surface area contributed by atoms with Crippen molar-refractivity contribution < 1.29 is 9.18 Å². The highest BCUT2D eigenvalue weighted by atomic mass is 19.1. The van der Waals surface area contributed by atoms with Gasteiger partial charge in [0.25, 0.3) is 5.91 Å². The van der Waals surface area contributed by atoms with Gasteiger partial charge in [0.05, 0.1) is 5.56 Å². The molecule has 0 heterocycles. The number of rotatable bonds is 5. The number of likely N-dealkylation sites (N-methyl/N-ethyl adjacent to an activating group) is 1. The summed E-state index contributed by atoms with van der Waals surface area (Å²) < 4.78 is 13.5. The molecule has 98 valence electrons. The van der Waals surface area contributed by atoms with Crippen LogP contribution in [0, 0.1) is 12.7 Å². The Labute approximate surface area is 107 Å². The van der Waals surface area contributed by atoms with Crippen molar-refractivity contribution in [1.29, 1.82) is 0 Å². The van der Waals surface area contributed by atoms with Crippen molar-refractivity contribution in [3.8, 4) is 0 Å². The van der Waals surface area contributed by atoms with E-state index in [0.29, 0.717) is 12.6 Å². The van der Waals surface area contributed by atoms with Crippen molar-refractivity contribution in [3.63, 3.8) is 0 Å². The van der Waals surface area contributed by atoms with Gasteiger partial charge in [-0.25, -0.2) is 4.39 Å². The van der Waals surface area contributed by atoms with Gasteiger partial charge in [-0.3, -0.25) is 4.79 Å². The van der Waals surface area contributed by atoms with E-state index in [9.17, 15) is 9.18 Å². The molecule has 1 aliphatic carbocycles. The highest BCUT2D eigenvalue weighted by molar-refractivity contribution is 5.94. The van der Waals surface area contributed by atoms with Crippen LogP contribution in [0.3, 0.4) is 0 Å². The van der Waals surface area contributed by atoms with Crippen molar-refractivity contribution in [2.45, 2.75) is 25.8 Å². The molecule has 0 aromatic heterocycles. The summed E-state index contributed by atoms with van der Waals surface area (Å²) in [6.45, 7) is 3.21. The molecule has 1 saturated carbocycles. The predicted molar refractivity (Wildman–Crippen MR) is 69.1 cm³/mol. The molecule has 0 spiro atoms. The number of amides is 1. The summed E-state index contributed by atoms with van der Waals surface area (Å²) >= 11 is 0. The zero-order valence-electron chi connectivity index (χ0n) is 10.9. The first kappa shape index (κ1) is 13.0. The summed E-state index contributed by atoms with van der Waals surface area (Å²) in [6, 6.07) is 5.25. The summed E-state index contributed by atoms with van der Waals surface area (Å²) in [6.07, 6.45) is 2.49. The van der Waals surface area contributed by atoms with Crippen LogP contribution in [0.15, 0.2) is 18.2 Å². The Morgan fingerprint density at radius 1 is 1.50 bits per heavy atom. The second-order valence-electron chi connectivity index (χ2n) is 4.95. The Bertz CT molecular complexity index is 443. The van der Waals surface area contributed by atoms with Gasteiger partial charge in [0.1, 0.15) is 5.82 Å². The van der Waals surface area contributed by atoms with E-state index in [2.05, 4.69) is 17.3 Å². The van der Waals surface area contributed by atoms with Crippen LogP contribution in [0.25, 0.3) is 0 Å². The molecular formula is C14H19FN2O. The topological polar surface area (TPSA) is 32.3 Å². The standard InChI is InChI=1S/C14H19FN2O/c1-10-3-6-13(15)12(9-10)14(18)16-7-8-17(2)11-4-5-11/h3,6,9,11H,4-5,7-8H2,1-2H3,(H,16,18). The quantitative estimate of drug-likeness (QED) is 0.866. The smallest absolute Gasteiger partial charge is 0.254 e. The van der Waals surface area contributed by atoms with Crippen molar-refractivity contribution in [3.05, 3.63) is 35.1 Å². The molecule has 2 rings (SSSR count). The lowest BCUT2D eigenvalue weighted by Crippen LogP contribution is -2.34. The summed E-state index contributed by atoms with van der Waals surface area (Å²) in [5.74, 6) is -0.797. The number of halogens is 1. The average Bonchev–Trinajstić information content (AvgIpc) is 3.16. The number of benzene rings is 1. The Hall–Kier alpha value is -1.42. The summed E-state index contributed by atoms with van der Waals surface area (Å²) in [4.78, 5) is 14.0. The molecule has 1 aromatic carbocycles. The van der Waals surface area contributed by atoms with Crippen molar-refractivity contribution in [1.82, 2.24) is 10.2 Å². The molecule has 0 bridgehead atoms. The largest absolute Gasteiger partial charge is 0.351 e. The third-order valence-electron chi connectivity index (χ3n) is 3.29. The van der Waals surface area contributed by atoms with Crippen molar-refractivity contribution in [2.24, 2.45) is 0 Å². The first-order valence-corrected chi connectivity index (χ1v) is 6.32. The maximum Gasteiger partial charge on any atom is 0.254 e. The Morgan fingerprint density at radius 3 is 2.89 bits per heavy atom. The monoisotopic (exact) mass is 250 g/mol. The van der Waals surface area contributed by atoms with Crippen molar-refractivity contribution >= 4 is 5.91 Å². The lowest BCUT2D eigenvalue weighted by Gasteiger charge is -2.15. The van der Waals surface area contributed by atoms with Crippen molar-refractivity contribution in [2.75, 3.05) is 20.1 Å². The minimum Gasteiger partial charge on any atom is -0.351 e. The van der Waals surface area contributed by atoms with E-state index in [4.69, 9.17) is 0 Å². The first-order valence-electron chi connectivity index (χ1n) is 6.32. The van der Waals surface area contributed by atoms with Crippen LogP contribution in [-0.4, -0.2) is 37.0 Å². The van der Waals surface area contributed by atoms with Gasteiger partial charge in [0.15, 0.2) is 0 Å². The molecule has 0 radical (unpaired) electrons. The van der Waals surface area contributed by atoms with E-state index in [0.717, 1.165) is 12.1 Å². The van der Waals surface area contributed by atoms with Crippen LogP contribution in [0.2, 0.25) is 0 Å². The van der Waals surface area contributed by atoms with E-state index < -0.39 is 5.82 Å². The molecule has 1 N–H and O–H groups in total. The number of hydrogen-bond donors (Lipinski definition) is 1. The summed E-state index contributed by atoms with van der Waals surface area (Å²) in [5, 5.41) is 2.76. The fourth-order valence-corrected chi connectivity index (χ4v) is 1.95. The van der Waals surface area contributed by atoms with Crippen LogP contribution < -0.4 is 5.32 Å². The van der Waals surface area contributed by atoms with Gasteiger partial charge in [-0.15, -0.1) is 0 Å². The molecule has 1 aromatic rings. The molecule has 0 aliphatic heterocycles. The zero-order valence-corrected chi connectivity index (χ0v) is 10.9. The van der Waals surface area contributed by atoms with Crippen LogP contribution in [0.5, 0.6) is 0 Å². The second kappa shape index (κ2) is 5.48. The van der Waals surface area contributed by atoms with E-state index >= 15 is 0 Å². The SMILES string of the molecule is Cc1ccc(F)c(C(=O)NCCN(C)C2CC2)c1. The highest BCUT2D eigenvalue weighted by Gasteiger charge is 2.25. The summed E-state index contributed by atoms with van der Waals surface area (Å²) in [5.41, 5.74) is 1.01. The van der Waals surface area contributed by atoms with Crippen LogP contribution in [0.4, 0.5) is 4.39 Å². The van der Waals surface area contributed by atoms with Crippen LogP contribution in [-0.2, 0) is 0 Å². The molecule has 4 heteroatoms. The molecule has 3 nitrogen and oxygen atoms in total. The molecule has 1 amide bonds. The molecule has 0 atom stereocenters. The number of nitrogens with zero attached hydrogens (tertiary/aromatic N) is 1. The maximum absolute atomic E-state index is 13.5. The normalized spacial score (nSPS) is 14.9. The number of carbonyl (C=O) groups is 1. The van der Waals surface area contributed by atoms with Gasteiger partial charge in [-0.05, 0) is 38.9 Å². The predicted octanol–water partition coefficient (Wildman–Crippen LogP) is 1.96. The number of aryl methyl sites for hydroxylation is 1. The first-order chi connectivity index (χ1) is 8.58. The zero-order chi connectivity index (χ0) is 13.1. The minimum atomic E-state index is -0.464. The Morgan fingerprint density at radius 2 is 2.22 bits per heavy atom. The molecule has 18 heavy (non-hydrogen) atoms. The third kappa shape index (κ3) is 3.29. The lowest BCUT2D eigenvalue weighted by atomic mass is 10.1. The molecule has 1 fully saturated rings. The Kier molecular flexibility index (Phi) is 3.97. The van der Waals surface area contributed by atoms with E-state index in [1.807, 2.05) is 6.92 Å². The van der Waals surface area contributed by atoms with E-state index in [-0.39, 0.29) is 11.5 Å². The Balaban J connectivity index is 1.85. The van der Waals surface area contributed by atoms with Crippen LogP contribution in [0.1, 0.15) is 28.8 Å². The molecule has 0 saturated heterocycles. The van der Waals surface area contributed by atoms with E-state index in [1.54, 1.807) is 12.1 Å². The third-order valence-corrected chi connectivity index (χ3v) is 3.29. The lowest BCUT2D eigenvalue weighted by molar-refractivity contribution is 0.0945. The number of carbonyl (C=O) groups excluding carboxylic acids is 1. The number of hydrogen-bond acceptors (Lipinski definition) is 2. The molecule has 0 unspecified atom stereocenters. The fraction of sp³-hybridized carbons (Fsp3) is 0.500. The highest BCUT2D eigenvalue weighted by Crippen LogP contribution is 2.24. The number of nitrogens with one attached hydrogen (secondary N) is 1. The average molecular weight is 250 g/mol. The fourth-order valence-electron chi connectivity index (χ4n) is 1.95. The van der Waals surface area contributed by atoms with Gasteiger partial charge in [-0.1, -0.05) is 11.6 Å². The molecular weight excluding hydrogens is 231 g/mol. The van der Waals surface area contributed by atoms with E-state index in [1.165, 1.54) is 18.9 Å². The summed E-state index contributed by atoms with van der Waals surface area (Å²) in [7, 11) is 2.05. The van der Waals surface area contributed by atoms with Gasteiger partial charge >= 0.3 is 0 Å². The van der Waals surface area contributed by atoms with Gasteiger partial charge in [0, 0.05) is 19.1 Å². The van der Waals surface area contributed by atoms with Gasteiger partial charge in [0.2, 0.25) is 0 Å². The van der Waals surface area contributed by atoms with Crippen LogP contribution >= 0.6 is 0 Å². The second-order valence-corrected chi connectivity index (χ2v) is 4.95. The van der Waals surface area contributed by atoms with Gasteiger partial charge in [-0.2, -0.15) is 0 Å². The van der Waals surface area contributed by atoms with Gasteiger partial charge < -0.3 is 10.2 Å². The molecule has 1 aliphatic rings.